The largest absolute Gasteiger partial charge is 0.508 e. The highest BCUT2D eigenvalue weighted by atomic mass is 35.5. The van der Waals surface area contributed by atoms with Gasteiger partial charge < -0.3 is 15.3 Å². The van der Waals surface area contributed by atoms with Crippen LogP contribution in [0.4, 0.5) is 0 Å². The number of halogens is 1. The van der Waals surface area contributed by atoms with Gasteiger partial charge in [0.2, 0.25) is 5.91 Å². The Morgan fingerprint density at radius 1 is 1.29 bits per heavy atom. The van der Waals surface area contributed by atoms with Crippen molar-refractivity contribution in [3.05, 3.63) is 29.8 Å². The van der Waals surface area contributed by atoms with Crippen LogP contribution in [0.15, 0.2) is 24.3 Å². The molecular weight excluding hydrogens is 240 g/mol. The van der Waals surface area contributed by atoms with Crippen LogP contribution in [0.1, 0.15) is 5.56 Å². The van der Waals surface area contributed by atoms with E-state index in [1.165, 1.54) is 0 Å². The topological polar surface area (TPSA) is 52.6 Å². The molecule has 0 aromatic heterocycles. The summed E-state index contributed by atoms with van der Waals surface area (Å²) >= 11 is 0. The zero-order chi connectivity index (χ0) is 11.4. The maximum atomic E-state index is 11.9. The van der Waals surface area contributed by atoms with Crippen molar-refractivity contribution in [2.24, 2.45) is 0 Å². The lowest BCUT2D eigenvalue weighted by Crippen LogP contribution is -2.46. The highest BCUT2D eigenvalue weighted by molar-refractivity contribution is 5.85. The summed E-state index contributed by atoms with van der Waals surface area (Å²) < 4.78 is 0. The molecule has 0 unspecified atom stereocenters. The molecule has 1 amide bonds. The van der Waals surface area contributed by atoms with Crippen molar-refractivity contribution in [2.45, 2.75) is 6.42 Å². The van der Waals surface area contributed by atoms with Gasteiger partial charge in [0, 0.05) is 31.7 Å². The van der Waals surface area contributed by atoms with Crippen molar-refractivity contribution in [1.82, 2.24) is 10.2 Å². The van der Waals surface area contributed by atoms with Crippen molar-refractivity contribution in [1.29, 1.82) is 0 Å². The third kappa shape index (κ3) is 3.61. The summed E-state index contributed by atoms with van der Waals surface area (Å²) in [7, 11) is 0. The second kappa shape index (κ2) is 6.47. The number of nitrogens with one attached hydrogen (secondary N) is 1. The van der Waals surface area contributed by atoms with E-state index in [0.29, 0.717) is 5.56 Å². The molecule has 5 heteroatoms. The van der Waals surface area contributed by atoms with Crippen LogP contribution in [-0.4, -0.2) is 42.1 Å². The average Bonchev–Trinajstić information content (AvgIpc) is 2.33. The fourth-order valence-electron chi connectivity index (χ4n) is 1.85. The lowest BCUT2D eigenvalue weighted by molar-refractivity contribution is -0.131. The molecule has 4 nitrogen and oxygen atoms in total. The molecule has 1 heterocycles. The van der Waals surface area contributed by atoms with Crippen molar-refractivity contribution >= 4 is 18.3 Å². The number of phenols is 1. The first kappa shape index (κ1) is 13.8. The average molecular weight is 257 g/mol. The summed E-state index contributed by atoms with van der Waals surface area (Å²) in [4.78, 5) is 13.7. The van der Waals surface area contributed by atoms with Crippen LogP contribution in [0.2, 0.25) is 0 Å². The van der Waals surface area contributed by atoms with Gasteiger partial charge in [0.1, 0.15) is 5.75 Å². The Labute approximate surface area is 107 Å². The van der Waals surface area contributed by atoms with Crippen molar-refractivity contribution in [3.8, 4) is 5.75 Å². The number of piperazine rings is 1. The molecule has 2 rings (SSSR count). The summed E-state index contributed by atoms with van der Waals surface area (Å²) in [6.45, 7) is 3.22. The number of hydrogen-bond acceptors (Lipinski definition) is 3. The standard InChI is InChI=1S/C12H16N2O2.ClH/c15-11-4-2-1-3-10(11)9-12(16)14-7-5-13-6-8-14;/h1-4,13,15H,5-9H2;1H. The number of benzene rings is 1. The predicted molar refractivity (Wildman–Crippen MR) is 68.5 cm³/mol. The van der Waals surface area contributed by atoms with E-state index in [0.717, 1.165) is 26.2 Å². The number of amides is 1. The Morgan fingerprint density at radius 3 is 2.59 bits per heavy atom. The molecule has 0 aliphatic carbocycles. The van der Waals surface area contributed by atoms with E-state index in [2.05, 4.69) is 5.32 Å². The number of para-hydroxylation sites is 1. The zero-order valence-electron chi connectivity index (χ0n) is 9.56. The van der Waals surface area contributed by atoms with Crippen molar-refractivity contribution < 1.29 is 9.90 Å². The van der Waals surface area contributed by atoms with Crippen LogP contribution >= 0.6 is 12.4 Å². The second-order valence-electron chi connectivity index (χ2n) is 3.94. The van der Waals surface area contributed by atoms with E-state index in [9.17, 15) is 9.90 Å². The molecule has 1 saturated heterocycles. The van der Waals surface area contributed by atoms with E-state index in [1.54, 1.807) is 18.2 Å². The van der Waals surface area contributed by atoms with Crippen LogP contribution in [-0.2, 0) is 11.2 Å². The maximum absolute atomic E-state index is 11.9. The highest BCUT2D eigenvalue weighted by Crippen LogP contribution is 2.16. The molecule has 1 aliphatic rings. The number of carbonyl (C=O) groups is 1. The van der Waals surface area contributed by atoms with Gasteiger partial charge >= 0.3 is 0 Å². The van der Waals surface area contributed by atoms with Gasteiger partial charge in [-0.25, -0.2) is 0 Å². The molecule has 1 aromatic carbocycles. The summed E-state index contributed by atoms with van der Waals surface area (Å²) in [5, 5.41) is 12.8. The predicted octanol–water partition coefficient (Wildman–Crippen LogP) is 0.788. The summed E-state index contributed by atoms with van der Waals surface area (Å²) in [5.41, 5.74) is 0.700. The number of rotatable bonds is 2. The van der Waals surface area contributed by atoms with Gasteiger partial charge in [-0.15, -0.1) is 12.4 Å². The van der Waals surface area contributed by atoms with Crippen LogP contribution < -0.4 is 5.32 Å². The fraction of sp³-hybridized carbons (Fsp3) is 0.417. The lowest BCUT2D eigenvalue weighted by Gasteiger charge is -2.27. The minimum absolute atomic E-state index is 0. The molecule has 0 spiro atoms. The fourth-order valence-corrected chi connectivity index (χ4v) is 1.85. The molecule has 94 valence electrons. The molecule has 0 saturated carbocycles. The molecule has 17 heavy (non-hydrogen) atoms. The Hall–Kier alpha value is -1.26. The lowest BCUT2D eigenvalue weighted by atomic mass is 10.1. The molecule has 0 bridgehead atoms. The van der Waals surface area contributed by atoms with Gasteiger partial charge in [0.05, 0.1) is 6.42 Å². The molecular formula is C12H17ClN2O2. The van der Waals surface area contributed by atoms with E-state index < -0.39 is 0 Å². The first-order valence-corrected chi connectivity index (χ1v) is 5.53. The molecule has 2 N–H and O–H groups in total. The normalized spacial score (nSPS) is 15.2. The number of phenolic OH excluding ortho intramolecular Hbond substituents is 1. The third-order valence-corrected chi connectivity index (χ3v) is 2.80. The first-order chi connectivity index (χ1) is 7.77. The molecule has 1 fully saturated rings. The Morgan fingerprint density at radius 2 is 1.94 bits per heavy atom. The van der Waals surface area contributed by atoms with E-state index in [-0.39, 0.29) is 30.5 Å². The van der Waals surface area contributed by atoms with Gasteiger partial charge in [-0.05, 0) is 6.07 Å². The SMILES string of the molecule is Cl.O=C(Cc1ccccc1O)N1CCNCC1. The smallest absolute Gasteiger partial charge is 0.227 e. The maximum Gasteiger partial charge on any atom is 0.227 e. The van der Waals surface area contributed by atoms with Crippen LogP contribution in [0.25, 0.3) is 0 Å². The van der Waals surface area contributed by atoms with Crippen LogP contribution in [0.3, 0.4) is 0 Å². The van der Waals surface area contributed by atoms with Crippen molar-refractivity contribution in [2.75, 3.05) is 26.2 Å². The number of carbonyl (C=O) groups excluding carboxylic acids is 1. The minimum Gasteiger partial charge on any atom is -0.508 e. The number of nitrogens with zero attached hydrogens (tertiary/aromatic N) is 1. The third-order valence-electron chi connectivity index (χ3n) is 2.80. The summed E-state index contributed by atoms with van der Waals surface area (Å²) in [5.74, 6) is 0.286. The summed E-state index contributed by atoms with van der Waals surface area (Å²) in [6, 6.07) is 6.99. The van der Waals surface area contributed by atoms with Gasteiger partial charge in [0.15, 0.2) is 0 Å². The quantitative estimate of drug-likeness (QED) is 0.823. The van der Waals surface area contributed by atoms with E-state index >= 15 is 0 Å². The van der Waals surface area contributed by atoms with Crippen LogP contribution in [0, 0.1) is 0 Å². The van der Waals surface area contributed by atoms with E-state index in [1.807, 2.05) is 11.0 Å². The van der Waals surface area contributed by atoms with Crippen LogP contribution in [0.5, 0.6) is 5.75 Å². The van der Waals surface area contributed by atoms with Gasteiger partial charge in [-0.2, -0.15) is 0 Å². The van der Waals surface area contributed by atoms with Gasteiger partial charge in [-0.1, -0.05) is 18.2 Å². The molecule has 1 aliphatic heterocycles. The summed E-state index contributed by atoms with van der Waals surface area (Å²) in [6.07, 6.45) is 0.284. The Bertz CT molecular complexity index is 379. The molecule has 0 atom stereocenters. The first-order valence-electron chi connectivity index (χ1n) is 5.53. The molecule has 1 aromatic rings. The Balaban J connectivity index is 0.00000144. The van der Waals surface area contributed by atoms with Crippen molar-refractivity contribution in [3.63, 3.8) is 0 Å². The monoisotopic (exact) mass is 256 g/mol. The molecule has 0 radical (unpaired) electrons. The van der Waals surface area contributed by atoms with E-state index in [4.69, 9.17) is 0 Å². The number of aromatic hydroxyl groups is 1. The zero-order valence-corrected chi connectivity index (χ0v) is 10.4. The highest BCUT2D eigenvalue weighted by Gasteiger charge is 2.17. The van der Waals surface area contributed by atoms with Gasteiger partial charge in [-0.3, -0.25) is 4.79 Å². The van der Waals surface area contributed by atoms with Gasteiger partial charge in [0.25, 0.3) is 0 Å². The Kier molecular flexibility index (Phi) is 5.25. The second-order valence-corrected chi connectivity index (χ2v) is 3.94. The minimum atomic E-state index is 0. The number of hydrogen-bond donors (Lipinski definition) is 2.